The molecule has 4 N–H and O–H groups in total. The maximum atomic E-state index is 13.2. The number of allylic oxidation sites excluding steroid dienone is 2. The highest BCUT2D eigenvalue weighted by Crippen LogP contribution is 2.36. The standard InChI is InChI=1S/C25H30N2O/c1-3-17(2)12-20-15-21(13-18-4-8-23(26)9-5-18)25(28)22(16-20)14-19-6-10-24(27)11-7-19/h4-11,13-14,17,20H,3,12,15-16,26-27H2,1-2H3/b21-13-,22-14+. The number of nitrogens with two attached hydrogens (primary N) is 2. The molecule has 1 saturated carbocycles. The average Bonchev–Trinajstić information content (AvgIpc) is 2.68. The molecule has 0 amide bonds. The van der Waals surface area contributed by atoms with Crippen LogP contribution in [-0.2, 0) is 4.79 Å². The van der Waals surface area contributed by atoms with E-state index in [-0.39, 0.29) is 5.78 Å². The number of ketones is 1. The molecule has 3 heteroatoms. The van der Waals surface area contributed by atoms with Crippen molar-refractivity contribution in [3.8, 4) is 0 Å². The van der Waals surface area contributed by atoms with Crippen LogP contribution in [0.1, 0.15) is 50.7 Å². The van der Waals surface area contributed by atoms with Gasteiger partial charge in [-0.05, 0) is 78.6 Å². The van der Waals surface area contributed by atoms with Gasteiger partial charge in [0.1, 0.15) is 0 Å². The van der Waals surface area contributed by atoms with E-state index in [2.05, 4.69) is 13.8 Å². The summed E-state index contributed by atoms with van der Waals surface area (Å²) < 4.78 is 0. The smallest absolute Gasteiger partial charge is 0.185 e. The van der Waals surface area contributed by atoms with E-state index in [0.29, 0.717) is 11.8 Å². The second-order valence-electron chi connectivity index (χ2n) is 8.03. The molecule has 1 aliphatic rings. The molecule has 1 fully saturated rings. The number of hydrogen-bond donors (Lipinski definition) is 2. The molecule has 2 aromatic rings. The van der Waals surface area contributed by atoms with Gasteiger partial charge in [-0.15, -0.1) is 0 Å². The van der Waals surface area contributed by atoms with Crippen molar-refractivity contribution in [3.05, 3.63) is 70.8 Å². The molecule has 0 spiro atoms. The van der Waals surface area contributed by atoms with Gasteiger partial charge in [-0.2, -0.15) is 0 Å². The monoisotopic (exact) mass is 374 g/mol. The molecule has 28 heavy (non-hydrogen) atoms. The molecule has 0 aromatic heterocycles. The van der Waals surface area contributed by atoms with Crippen LogP contribution in [0.5, 0.6) is 0 Å². The van der Waals surface area contributed by atoms with Gasteiger partial charge in [0.05, 0.1) is 0 Å². The number of carbonyl (C=O) groups excluding carboxylic acids is 1. The highest BCUT2D eigenvalue weighted by Gasteiger charge is 2.28. The summed E-state index contributed by atoms with van der Waals surface area (Å²) >= 11 is 0. The predicted molar refractivity (Wildman–Crippen MR) is 119 cm³/mol. The van der Waals surface area contributed by atoms with Crippen molar-refractivity contribution < 1.29 is 4.79 Å². The van der Waals surface area contributed by atoms with Crippen molar-refractivity contribution in [1.82, 2.24) is 0 Å². The second kappa shape index (κ2) is 8.92. The maximum absolute atomic E-state index is 13.2. The third-order valence-electron chi connectivity index (χ3n) is 5.59. The number of Topliss-reactive ketones (excluding diaryl/α,β-unsaturated/α-hetero) is 1. The Bertz CT molecular complexity index is 808. The minimum Gasteiger partial charge on any atom is -0.399 e. The van der Waals surface area contributed by atoms with Crippen molar-refractivity contribution in [1.29, 1.82) is 0 Å². The largest absolute Gasteiger partial charge is 0.399 e. The first-order chi connectivity index (χ1) is 13.4. The van der Waals surface area contributed by atoms with Crippen LogP contribution in [-0.4, -0.2) is 5.78 Å². The van der Waals surface area contributed by atoms with Crippen molar-refractivity contribution >= 4 is 29.3 Å². The maximum Gasteiger partial charge on any atom is 0.185 e. The van der Waals surface area contributed by atoms with Crippen molar-refractivity contribution in [2.45, 2.75) is 39.5 Å². The van der Waals surface area contributed by atoms with Crippen LogP contribution in [0.3, 0.4) is 0 Å². The van der Waals surface area contributed by atoms with Crippen LogP contribution in [0.4, 0.5) is 11.4 Å². The lowest BCUT2D eigenvalue weighted by atomic mass is 9.76. The van der Waals surface area contributed by atoms with Crippen LogP contribution in [0.2, 0.25) is 0 Å². The molecular weight excluding hydrogens is 344 g/mol. The third-order valence-corrected chi connectivity index (χ3v) is 5.59. The summed E-state index contributed by atoms with van der Waals surface area (Å²) in [5, 5.41) is 0. The first kappa shape index (κ1) is 19.9. The van der Waals surface area contributed by atoms with Crippen LogP contribution in [0.25, 0.3) is 12.2 Å². The van der Waals surface area contributed by atoms with Crippen LogP contribution < -0.4 is 11.5 Å². The van der Waals surface area contributed by atoms with Gasteiger partial charge in [-0.25, -0.2) is 0 Å². The van der Waals surface area contributed by atoms with E-state index in [4.69, 9.17) is 11.5 Å². The fourth-order valence-corrected chi connectivity index (χ4v) is 3.82. The highest BCUT2D eigenvalue weighted by atomic mass is 16.1. The molecular formula is C25H30N2O. The number of benzene rings is 2. The molecule has 0 aliphatic heterocycles. The number of carbonyl (C=O) groups is 1. The van der Waals surface area contributed by atoms with Gasteiger partial charge in [0.15, 0.2) is 5.78 Å². The average molecular weight is 375 g/mol. The molecule has 3 nitrogen and oxygen atoms in total. The van der Waals surface area contributed by atoms with Crippen molar-refractivity contribution in [2.75, 3.05) is 11.5 Å². The van der Waals surface area contributed by atoms with Crippen LogP contribution in [0, 0.1) is 11.8 Å². The van der Waals surface area contributed by atoms with E-state index in [9.17, 15) is 4.79 Å². The molecule has 1 aliphatic carbocycles. The second-order valence-corrected chi connectivity index (χ2v) is 8.03. The number of nitrogen functional groups attached to an aromatic ring is 2. The van der Waals surface area contributed by atoms with E-state index >= 15 is 0 Å². The first-order valence-corrected chi connectivity index (χ1v) is 10.1. The summed E-state index contributed by atoms with van der Waals surface area (Å²) in [4.78, 5) is 13.2. The first-order valence-electron chi connectivity index (χ1n) is 10.1. The zero-order chi connectivity index (χ0) is 20.1. The molecule has 0 radical (unpaired) electrons. The van der Waals surface area contributed by atoms with Crippen LogP contribution >= 0.6 is 0 Å². The molecule has 0 heterocycles. The third kappa shape index (κ3) is 5.13. The number of anilines is 2. The van der Waals surface area contributed by atoms with E-state index in [0.717, 1.165) is 52.9 Å². The summed E-state index contributed by atoms with van der Waals surface area (Å²) in [6.45, 7) is 4.53. The topological polar surface area (TPSA) is 69.1 Å². The lowest BCUT2D eigenvalue weighted by Gasteiger charge is -2.28. The van der Waals surface area contributed by atoms with Crippen molar-refractivity contribution in [2.24, 2.45) is 11.8 Å². The fourth-order valence-electron chi connectivity index (χ4n) is 3.82. The van der Waals surface area contributed by atoms with E-state index in [1.54, 1.807) is 0 Å². The molecule has 2 unspecified atom stereocenters. The van der Waals surface area contributed by atoms with E-state index in [1.165, 1.54) is 6.42 Å². The summed E-state index contributed by atoms with van der Waals surface area (Å²) in [6.07, 6.45) is 8.04. The fraction of sp³-hybridized carbons (Fsp3) is 0.320. The van der Waals surface area contributed by atoms with Gasteiger partial charge in [-0.1, -0.05) is 44.5 Å². The molecule has 2 atom stereocenters. The lowest BCUT2D eigenvalue weighted by molar-refractivity contribution is -0.113. The molecule has 146 valence electrons. The van der Waals surface area contributed by atoms with Gasteiger partial charge in [0.2, 0.25) is 0 Å². The Labute approximate surface area is 168 Å². The van der Waals surface area contributed by atoms with E-state index in [1.807, 2.05) is 60.7 Å². The summed E-state index contributed by atoms with van der Waals surface area (Å²) in [5.41, 5.74) is 16.9. The SMILES string of the molecule is CCC(C)CC1C/C(=C/c2ccc(N)cc2)C(=O)/C(=C/c2ccc(N)cc2)C1. The van der Waals surface area contributed by atoms with Gasteiger partial charge >= 0.3 is 0 Å². The molecule has 2 aromatic carbocycles. The lowest BCUT2D eigenvalue weighted by Crippen LogP contribution is -2.21. The van der Waals surface area contributed by atoms with E-state index < -0.39 is 0 Å². The minimum absolute atomic E-state index is 0.161. The van der Waals surface area contributed by atoms with Crippen molar-refractivity contribution in [3.63, 3.8) is 0 Å². The summed E-state index contributed by atoms with van der Waals surface area (Å²) in [5.74, 6) is 1.32. The predicted octanol–water partition coefficient (Wildman–Crippen LogP) is 5.73. The van der Waals surface area contributed by atoms with Gasteiger partial charge in [0, 0.05) is 22.5 Å². The number of hydrogen-bond acceptors (Lipinski definition) is 3. The minimum atomic E-state index is 0.161. The summed E-state index contributed by atoms with van der Waals surface area (Å²) in [7, 11) is 0. The molecule has 0 bridgehead atoms. The normalized spacial score (nSPS) is 21.2. The zero-order valence-electron chi connectivity index (χ0n) is 16.8. The van der Waals surface area contributed by atoms with Gasteiger partial charge in [0.25, 0.3) is 0 Å². The Morgan fingerprint density at radius 2 is 1.32 bits per heavy atom. The highest BCUT2D eigenvalue weighted by molar-refractivity contribution is 6.14. The Kier molecular flexibility index (Phi) is 6.35. The molecule has 3 rings (SSSR count). The quantitative estimate of drug-likeness (QED) is 0.518. The zero-order valence-corrected chi connectivity index (χ0v) is 16.8. The van der Waals surface area contributed by atoms with Gasteiger partial charge < -0.3 is 11.5 Å². The van der Waals surface area contributed by atoms with Crippen LogP contribution in [0.15, 0.2) is 59.7 Å². The Morgan fingerprint density at radius 1 is 0.893 bits per heavy atom. The summed E-state index contributed by atoms with van der Waals surface area (Å²) in [6, 6.07) is 15.4. The Morgan fingerprint density at radius 3 is 1.71 bits per heavy atom. The Hall–Kier alpha value is -2.81. The molecule has 0 saturated heterocycles. The number of rotatable bonds is 5. The Balaban J connectivity index is 1.93. The van der Waals surface area contributed by atoms with Gasteiger partial charge in [-0.3, -0.25) is 4.79 Å².